The molecule has 8 rings (SSSR count). The first-order chi connectivity index (χ1) is 29.5. The van der Waals surface area contributed by atoms with Crippen LogP contribution >= 0.6 is 46.4 Å². The Hall–Kier alpha value is -5.63. The molecule has 0 bridgehead atoms. The number of halogens is 4. The van der Waals surface area contributed by atoms with Crippen molar-refractivity contribution in [3.63, 3.8) is 0 Å². The molecule has 1 saturated heterocycles. The molecule has 1 fully saturated rings. The largest absolute Gasteiger partial charge is 0.350 e. The average Bonchev–Trinajstić information content (AvgIpc) is 4.06. The summed E-state index contributed by atoms with van der Waals surface area (Å²) in [5.74, 6) is 0.209. The lowest BCUT2D eigenvalue weighted by Crippen LogP contribution is -2.40. The molecule has 5 N–H and O–H groups in total. The Morgan fingerprint density at radius 1 is 0.656 bits per heavy atom. The number of anilines is 2. The molecule has 61 heavy (non-hydrogen) atoms. The third-order valence-electron chi connectivity index (χ3n) is 9.83. The Morgan fingerprint density at radius 3 is 1.56 bits per heavy atom. The molecule has 0 aliphatic carbocycles. The fourth-order valence-electron chi connectivity index (χ4n) is 6.78. The van der Waals surface area contributed by atoms with Crippen molar-refractivity contribution in [3.8, 4) is 0 Å². The first kappa shape index (κ1) is 44.9. The van der Waals surface area contributed by atoms with Gasteiger partial charge in [-0.05, 0) is 102 Å². The lowest BCUT2D eigenvalue weighted by molar-refractivity contribution is 0.201. The van der Waals surface area contributed by atoms with Crippen LogP contribution in [0.3, 0.4) is 0 Å². The van der Waals surface area contributed by atoms with Crippen LogP contribution in [0.2, 0.25) is 20.1 Å². The van der Waals surface area contributed by atoms with Crippen molar-refractivity contribution < 1.29 is 14.4 Å². The number of nitrogens with zero attached hydrogens (tertiary/aromatic N) is 5. The number of nitrogens with two attached hydrogens (primary N) is 1. The minimum atomic E-state index is -0.387. The normalized spacial score (nSPS) is 16.7. The Balaban J connectivity index is 0.000000174. The van der Waals surface area contributed by atoms with E-state index in [1.807, 2.05) is 66.7 Å². The molecule has 0 aromatic heterocycles. The fourth-order valence-corrected chi connectivity index (χ4v) is 7.29. The standard InChI is InChI=1S/C22H17Cl2N3O.C19H19Cl2N3O.C4H9N3O/c23-17-8-6-16(7-9-17)21-20(15-4-2-1-3-5-15)14-27(26-21)22(28)25-19-12-10-18(24)11-13-19;1-2-3-14-12-24(19(25)22-17-10-8-16(21)9-11-17)23-18(14)13-4-6-15(20)7-5-13;5-4(8)7-3-1-2-6-7/h1-13,20H,14H2,(H,25,28);4-11,14H,2-3,12H2,1H3,(H,22,25);6H,1-3H2,(H2,5,8). The van der Waals surface area contributed by atoms with Gasteiger partial charge < -0.3 is 16.4 Å². The molecular formula is C45H45Cl4N9O3. The number of urea groups is 3. The summed E-state index contributed by atoms with van der Waals surface area (Å²) in [6.07, 6.45) is 3.01. The molecule has 5 aromatic carbocycles. The van der Waals surface area contributed by atoms with Gasteiger partial charge in [-0.2, -0.15) is 10.2 Å². The van der Waals surface area contributed by atoms with Crippen molar-refractivity contribution >= 4 is 87.3 Å². The van der Waals surface area contributed by atoms with Crippen molar-refractivity contribution in [3.05, 3.63) is 164 Å². The predicted octanol–water partition coefficient (Wildman–Crippen LogP) is 11.0. The van der Waals surface area contributed by atoms with E-state index in [0.29, 0.717) is 44.6 Å². The lowest BCUT2D eigenvalue weighted by Gasteiger charge is -2.16. The van der Waals surface area contributed by atoms with Gasteiger partial charge in [0.25, 0.3) is 0 Å². The summed E-state index contributed by atoms with van der Waals surface area (Å²) in [6, 6.07) is 38.3. The number of primary amides is 1. The van der Waals surface area contributed by atoms with Gasteiger partial charge in [0, 0.05) is 56.4 Å². The van der Waals surface area contributed by atoms with E-state index in [0.717, 1.165) is 60.5 Å². The van der Waals surface area contributed by atoms with Gasteiger partial charge in [0.1, 0.15) is 0 Å². The van der Waals surface area contributed by atoms with E-state index in [2.05, 4.69) is 45.3 Å². The summed E-state index contributed by atoms with van der Waals surface area (Å²) in [4.78, 5) is 35.6. The number of carbonyl (C=O) groups excluding carboxylic acids is 3. The van der Waals surface area contributed by atoms with Crippen LogP contribution in [0.25, 0.3) is 0 Å². The van der Waals surface area contributed by atoms with Gasteiger partial charge in [-0.25, -0.2) is 29.8 Å². The Morgan fingerprint density at radius 2 is 1.11 bits per heavy atom. The zero-order valence-electron chi connectivity index (χ0n) is 33.3. The summed E-state index contributed by atoms with van der Waals surface area (Å²) in [5.41, 5.74) is 13.9. The highest BCUT2D eigenvalue weighted by molar-refractivity contribution is 6.31. The Labute approximate surface area is 375 Å². The summed E-state index contributed by atoms with van der Waals surface area (Å²) in [7, 11) is 0. The summed E-state index contributed by atoms with van der Waals surface area (Å²) in [6.45, 7) is 4.78. The second-order valence-electron chi connectivity index (χ2n) is 14.2. The zero-order chi connectivity index (χ0) is 43.3. The van der Waals surface area contributed by atoms with Crippen LogP contribution < -0.4 is 21.8 Å². The Bertz CT molecular complexity index is 2310. The average molecular weight is 902 g/mol. The molecule has 3 aliphatic rings. The molecule has 16 heteroatoms. The molecule has 0 saturated carbocycles. The first-order valence-electron chi connectivity index (χ1n) is 19.7. The van der Waals surface area contributed by atoms with Crippen LogP contribution in [0.4, 0.5) is 25.8 Å². The van der Waals surface area contributed by atoms with Crippen LogP contribution in [0.5, 0.6) is 0 Å². The molecule has 3 heterocycles. The smallest absolute Gasteiger partial charge is 0.342 e. The van der Waals surface area contributed by atoms with E-state index in [4.69, 9.17) is 52.1 Å². The third-order valence-corrected chi connectivity index (χ3v) is 10.8. The quantitative estimate of drug-likeness (QED) is 0.129. The number of nitrogens with one attached hydrogen (secondary N) is 3. The summed E-state index contributed by atoms with van der Waals surface area (Å²) >= 11 is 23.8. The first-order valence-corrected chi connectivity index (χ1v) is 21.2. The van der Waals surface area contributed by atoms with E-state index in [1.54, 1.807) is 48.5 Å². The van der Waals surface area contributed by atoms with E-state index >= 15 is 0 Å². The lowest BCUT2D eigenvalue weighted by atomic mass is 9.91. The van der Waals surface area contributed by atoms with Crippen LogP contribution in [0, 0.1) is 5.92 Å². The minimum absolute atomic E-state index is 0.0154. The molecule has 3 aliphatic heterocycles. The van der Waals surface area contributed by atoms with Crippen molar-refractivity contribution in [2.75, 3.05) is 36.8 Å². The van der Waals surface area contributed by atoms with E-state index in [1.165, 1.54) is 15.0 Å². The van der Waals surface area contributed by atoms with E-state index < -0.39 is 0 Å². The maximum atomic E-state index is 12.8. The molecule has 5 aromatic rings. The number of carbonyl (C=O) groups is 3. The van der Waals surface area contributed by atoms with E-state index in [-0.39, 0.29) is 29.9 Å². The van der Waals surface area contributed by atoms with Gasteiger partial charge in [0.05, 0.1) is 24.5 Å². The fraction of sp³-hybridized carbons (Fsp3) is 0.222. The summed E-state index contributed by atoms with van der Waals surface area (Å²) in [5, 5.41) is 21.9. The third kappa shape index (κ3) is 12.7. The van der Waals surface area contributed by atoms with Gasteiger partial charge in [0.15, 0.2) is 0 Å². The maximum absolute atomic E-state index is 12.8. The number of benzene rings is 5. The zero-order valence-corrected chi connectivity index (χ0v) is 36.3. The topological polar surface area (TPSA) is 148 Å². The highest BCUT2D eigenvalue weighted by Crippen LogP contribution is 2.30. The van der Waals surface area contributed by atoms with Crippen molar-refractivity contribution in [2.24, 2.45) is 21.9 Å². The molecule has 6 amide bonds. The number of rotatable bonds is 7. The van der Waals surface area contributed by atoms with E-state index in [9.17, 15) is 14.4 Å². The second-order valence-corrected chi connectivity index (χ2v) is 16.0. The predicted molar refractivity (Wildman–Crippen MR) is 247 cm³/mol. The molecule has 2 unspecified atom stereocenters. The van der Waals surface area contributed by atoms with Crippen LogP contribution in [-0.4, -0.2) is 70.7 Å². The molecule has 12 nitrogen and oxygen atoms in total. The minimum Gasteiger partial charge on any atom is -0.350 e. The molecule has 316 valence electrons. The number of hydrazine groups is 1. The van der Waals surface area contributed by atoms with Gasteiger partial charge in [-0.1, -0.05) is 114 Å². The highest BCUT2D eigenvalue weighted by atomic mass is 35.5. The van der Waals surface area contributed by atoms with Gasteiger partial charge >= 0.3 is 18.1 Å². The van der Waals surface area contributed by atoms with Crippen LogP contribution in [0.15, 0.2) is 138 Å². The van der Waals surface area contributed by atoms with Gasteiger partial charge in [-0.3, -0.25) is 5.01 Å². The van der Waals surface area contributed by atoms with Gasteiger partial charge in [-0.15, -0.1) is 0 Å². The van der Waals surface area contributed by atoms with Crippen molar-refractivity contribution in [1.29, 1.82) is 0 Å². The maximum Gasteiger partial charge on any atom is 0.342 e. The van der Waals surface area contributed by atoms with Crippen molar-refractivity contribution in [2.45, 2.75) is 32.1 Å². The van der Waals surface area contributed by atoms with Crippen molar-refractivity contribution in [1.82, 2.24) is 20.5 Å². The number of hydrogen-bond donors (Lipinski definition) is 4. The van der Waals surface area contributed by atoms with Gasteiger partial charge in [0.2, 0.25) is 0 Å². The monoisotopic (exact) mass is 899 g/mol. The van der Waals surface area contributed by atoms with Crippen LogP contribution in [0.1, 0.15) is 48.8 Å². The number of amides is 6. The summed E-state index contributed by atoms with van der Waals surface area (Å²) < 4.78 is 0. The number of hydrogen-bond acceptors (Lipinski definition) is 6. The molecular weight excluding hydrogens is 856 g/mol. The second kappa shape index (κ2) is 21.8. The number of hydrazone groups is 2. The SMILES string of the molecule is CCCC1CN(C(=O)Nc2ccc(Cl)cc2)N=C1c1ccc(Cl)cc1.NC(=O)N1CCCN1.O=C(Nc1ccc(Cl)cc1)N1CC(c2ccccc2)C(c2ccc(Cl)cc2)=N1. The molecule has 2 atom stereocenters. The molecule has 0 radical (unpaired) electrons. The Kier molecular flexibility index (Phi) is 16.0. The molecule has 0 spiro atoms. The van der Waals surface area contributed by atoms with Crippen LogP contribution in [-0.2, 0) is 0 Å². The highest BCUT2D eigenvalue weighted by Gasteiger charge is 2.33.